The third kappa shape index (κ3) is 5.42. The lowest BCUT2D eigenvalue weighted by Crippen LogP contribution is -2.23. The zero-order valence-corrected chi connectivity index (χ0v) is 18.7. The number of carbonyl (C=O) groups excluding carboxylic acids is 2. The zero-order valence-electron chi connectivity index (χ0n) is 17.9. The molecule has 1 aliphatic heterocycles. The van der Waals surface area contributed by atoms with Crippen molar-refractivity contribution in [2.24, 2.45) is 0 Å². The van der Waals surface area contributed by atoms with Gasteiger partial charge in [0.1, 0.15) is 0 Å². The largest absolute Gasteiger partial charge is 0.452 e. The second-order valence-corrected chi connectivity index (χ2v) is 9.78. The van der Waals surface area contributed by atoms with E-state index < -0.39 is 28.5 Å². The Kier molecular flexibility index (Phi) is 6.97. The molecule has 0 unspecified atom stereocenters. The number of amides is 1. The fraction of sp³-hybridized carbons (Fsp3) is 0.364. The van der Waals surface area contributed by atoms with Gasteiger partial charge in [-0.15, -0.1) is 0 Å². The Labute approximate surface area is 182 Å². The molecule has 1 fully saturated rings. The van der Waals surface area contributed by atoms with Gasteiger partial charge in [-0.1, -0.05) is 0 Å². The molecular weight excluding hydrogens is 418 g/mol. The topological polar surface area (TPSA) is 96.0 Å². The standard InChI is InChI=1S/C22H27N3O5S/c1-16-14-18(25-12-4-5-13-25)8-11-20(16)23-21(26)15-30-22(27)17-6-9-19(10-7-17)31(28,29)24(2)3/h6-11,14H,4-5,12-13,15H2,1-3H3,(H,23,26). The SMILES string of the molecule is Cc1cc(N2CCCC2)ccc1NC(=O)COC(=O)c1ccc(S(=O)(=O)N(C)C)cc1. The molecule has 1 heterocycles. The van der Waals surface area contributed by atoms with Crippen molar-refractivity contribution < 1.29 is 22.7 Å². The van der Waals surface area contributed by atoms with Crippen LogP contribution < -0.4 is 10.2 Å². The van der Waals surface area contributed by atoms with Crippen molar-refractivity contribution in [3.63, 3.8) is 0 Å². The lowest BCUT2D eigenvalue weighted by molar-refractivity contribution is -0.119. The van der Waals surface area contributed by atoms with Gasteiger partial charge in [0, 0.05) is 38.6 Å². The second-order valence-electron chi connectivity index (χ2n) is 7.63. The average molecular weight is 446 g/mol. The highest BCUT2D eigenvalue weighted by molar-refractivity contribution is 7.89. The maximum atomic E-state index is 12.2. The van der Waals surface area contributed by atoms with E-state index in [1.54, 1.807) is 0 Å². The number of carbonyl (C=O) groups is 2. The molecule has 1 saturated heterocycles. The molecule has 31 heavy (non-hydrogen) atoms. The van der Waals surface area contributed by atoms with Crippen molar-refractivity contribution in [2.75, 3.05) is 44.0 Å². The van der Waals surface area contributed by atoms with E-state index >= 15 is 0 Å². The molecule has 1 N–H and O–H groups in total. The van der Waals surface area contributed by atoms with Gasteiger partial charge in [0.05, 0.1) is 10.5 Å². The van der Waals surface area contributed by atoms with Crippen molar-refractivity contribution in [1.29, 1.82) is 0 Å². The van der Waals surface area contributed by atoms with E-state index in [4.69, 9.17) is 4.74 Å². The van der Waals surface area contributed by atoms with Crippen LogP contribution in [0.5, 0.6) is 0 Å². The van der Waals surface area contributed by atoms with Crippen molar-refractivity contribution >= 4 is 33.3 Å². The second kappa shape index (κ2) is 9.49. The Hall–Kier alpha value is -2.91. The molecule has 0 saturated carbocycles. The first-order valence-corrected chi connectivity index (χ1v) is 11.5. The quantitative estimate of drug-likeness (QED) is 0.659. The summed E-state index contributed by atoms with van der Waals surface area (Å²) in [5.41, 5.74) is 2.90. The number of sulfonamides is 1. The van der Waals surface area contributed by atoms with Gasteiger partial charge in [-0.3, -0.25) is 4.79 Å². The fourth-order valence-electron chi connectivity index (χ4n) is 3.33. The summed E-state index contributed by atoms with van der Waals surface area (Å²) in [5, 5.41) is 2.76. The minimum absolute atomic E-state index is 0.0691. The van der Waals surface area contributed by atoms with Crippen molar-refractivity contribution in [2.45, 2.75) is 24.7 Å². The molecule has 0 aliphatic carbocycles. The van der Waals surface area contributed by atoms with Gasteiger partial charge in [0.2, 0.25) is 10.0 Å². The monoisotopic (exact) mass is 445 g/mol. The highest BCUT2D eigenvalue weighted by atomic mass is 32.2. The molecule has 3 rings (SSSR count). The summed E-state index contributed by atoms with van der Waals surface area (Å²) >= 11 is 0. The van der Waals surface area contributed by atoms with Gasteiger partial charge in [-0.25, -0.2) is 17.5 Å². The predicted octanol–water partition coefficient (Wildman–Crippen LogP) is 2.64. The van der Waals surface area contributed by atoms with Crippen molar-refractivity contribution in [1.82, 2.24) is 4.31 Å². The Bertz CT molecular complexity index is 1060. The summed E-state index contributed by atoms with van der Waals surface area (Å²) in [4.78, 5) is 26.8. The Morgan fingerprint density at radius 1 is 1.06 bits per heavy atom. The first-order chi connectivity index (χ1) is 14.7. The van der Waals surface area contributed by atoms with Gasteiger partial charge in [0.15, 0.2) is 6.61 Å². The number of nitrogens with zero attached hydrogens (tertiary/aromatic N) is 2. The van der Waals surface area contributed by atoms with Crippen LogP contribution in [0.1, 0.15) is 28.8 Å². The number of ether oxygens (including phenoxy) is 1. The molecule has 0 radical (unpaired) electrons. The maximum absolute atomic E-state index is 12.2. The molecule has 9 heteroatoms. The zero-order chi connectivity index (χ0) is 22.6. The van der Waals surface area contributed by atoms with Crippen LogP contribution in [0.25, 0.3) is 0 Å². The predicted molar refractivity (Wildman–Crippen MR) is 119 cm³/mol. The molecule has 0 atom stereocenters. The van der Waals surface area contributed by atoms with E-state index in [-0.39, 0.29) is 10.5 Å². The maximum Gasteiger partial charge on any atom is 0.338 e. The van der Waals surface area contributed by atoms with Crippen LogP contribution in [0.4, 0.5) is 11.4 Å². The van der Waals surface area contributed by atoms with E-state index in [0.717, 1.165) is 28.6 Å². The third-order valence-electron chi connectivity index (χ3n) is 5.16. The molecule has 0 bridgehead atoms. The first kappa shape index (κ1) is 22.8. The van der Waals surface area contributed by atoms with Crippen LogP contribution >= 0.6 is 0 Å². The molecule has 0 aromatic heterocycles. The number of esters is 1. The summed E-state index contributed by atoms with van der Waals surface area (Å²) < 4.78 is 30.3. The van der Waals surface area contributed by atoms with E-state index in [9.17, 15) is 18.0 Å². The summed E-state index contributed by atoms with van der Waals surface area (Å²) in [6.45, 7) is 3.57. The molecule has 1 aliphatic rings. The molecule has 0 spiro atoms. The minimum Gasteiger partial charge on any atom is -0.452 e. The van der Waals surface area contributed by atoms with Crippen LogP contribution in [-0.4, -0.2) is 58.4 Å². The average Bonchev–Trinajstić information content (AvgIpc) is 3.28. The highest BCUT2D eigenvalue weighted by Crippen LogP contribution is 2.25. The van der Waals surface area contributed by atoms with Gasteiger partial charge >= 0.3 is 5.97 Å². The van der Waals surface area contributed by atoms with Crippen LogP contribution in [0.15, 0.2) is 47.4 Å². The van der Waals surface area contributed by atoms with E-state index in [1.165, 1.54) is 51.2 Å². The van der Waals surface area contributed by atoms with Gasteiger partial charge in [-0.05, 0) is 67.8 Å². The summed E-state index contributed by atoms with van der Waals surface area (Å²) in [6, 6.07) is 11.2. The number of aryl methyl sites for hydroxylation is 1. The van der Waals surface area contributed by atoms with Gasteiger partial charge in [0.25, 0.3) is 5.91 Å². The summed E-state index contributed by atoms with van der Waals surface area (Å²) in [6.07, 6.45) is 2.38. The normalized spacial score (nSPS) is 14.0. The van der Waals surface area contributed by atoms with E-state index in [2.05, 4.69) is 10.2 Å². The minimum atomic E-state index is -3.58. The number of rotatable bonds is 7. The number of anilines is 2. The number of hydrogen-bond acceptors (Lipinski definition) is 6. The Balaban J connectivity index is 1.55. The molecule has 2 aromatic rings. The van der Waals surface area contributed by atoms with Crippen LogP contribution in [0.3, 0.4) is 0 Å². The molecule has 166 valence electrons. The van der Waals surface area contributed by atoms with Crippen LogP contribution in [-0.2, 0) is 19.6 Å². The van der Waals surface area contributed by atoms with Crippen molar-refractivity contribution in [3.8, 4) is 0 Å². The Morgan fingerprint density at radius 3 is 2.29 bits per heavy atom. The van der Waals surface area contributed by atoms with E-state index in [1.807, 2.05) is 25.1 Å². The fourth-order valence-corrected chi connectivity index (χ4v) is 4.24. The third-order valence-corrected chi connectivity index (χ3v) is 6.99. The molecule has 1 amide bonds. The van der Waals surface area contributed by atoms with Gasteiger partial charge < -0.3 is 15.0 Å². The molecular formula is C22H27N3O5S. The molecule has 8 nitrogen and oxygen atoms in total. The first-order valence-electron chi connectivity index (χ1n) is 10.0. The lowest BCUT2D eigenvalue weighted by Gasteiger charge is -2.19. The van der Waals surface area contributed by atoms with Crippen LogP contribution in [0.2, 0.25) is 0 Å². The smallest absolute Gasteiger partial charge is 0.338 e. The summed E-state index contributed by atoms with van der Waals surface area (Å²) in [7, 11) is -0.722. The lowest BCUT2D eigenvalue weighted by atomic mass is 10.1. The summed E-state index contributed by atoms with van der Waals surface area (Å²) in [5.74, 6) is -1.15. The Morgan fingerprint density at radius 2 is 1.71 bits per heavy atom. The highest BCUT2D eigenvalue weighted by Gasteiger charge is 2.18. The number of nitrogens with one attached hydrogen (secondary N) is 1. The van der Waals surface area contributed by atoms with Gasteiger partial charge in [-0.2, -0.15) is 0 Å². The van der Waals surface area contributed by atoms with Crippen molar-refractivity contribution in [3.05, 3.63) is 53.6 Å². The van der Waals surface area contributed by atoms with E-state index in [0.29, 0.717) is 5.69 Å². The number of hydrogen-bond donors (Lipinski definition) is 1. The number of benzene rings is 2. The molecule has 2 aromatic carbocycles. The van der Waals surface area contributed by atoms with Crippen LogP contribution in [0, 0.1) is 6.92 Å².